The number of hydrogen-bond acceptors (Lipinski definition) is 3. The molecule has 0 saturated heterocycles. The minimum absolute atomic E-state index is 0.0931. The molecular formula is C20H18ClN3O2. The van der Waals surface area contributed by atoms with E-state index < -0.39 is 5.97 Å². The first kappa shape index (κ1) is 19.2. The van der Waals surface area contributed by atoms with E-state index in [1.54, 1.807) is 16.8 Å². The highest BCUT2D eigenvalue weighted by atomic mass is 35.5. The first-order valence-electron chi connectivity index (χ1n) is 7.79. The fourth-order valence-electron chi connectivity index (χ4n) is 2.81. The number of rotatable bonds is 6. The van der Waals surface area contributed by atoms with Crippen LogP contribution in [-0.4, -0.2) is 20.9 Å². The van der Waals surface area contributed by atoms with Crippen LogP contribution in [0.25, 0.3) is 11.1 Å². The summed E-state index contributed by atoms with van der Waals surface area (Å²) in [7, 11) is 0. The number of benzene rings is 1. The van der Waals surface area contributed by atoms with Gasteiger partial charge in [0.2, 0.25) is 0 Å². The average Bonchev–Trinajstić information content (AvgIpc) is 2.87. The molecule has 1 N–H and O–H groups in total. The van der Waals surface area contributed by atoms with Gasteiger partial charge in [-0.05, 0) is 37.1 Å². The standard InChI is InChI=1S/C20H18ClN3O2/c1-5-14(17(6-2)20(25)26)11-24-13(4)19(12(3)23-24)15-7-8-16(10-22)18(21)9-15/h5-9H,1-2,11H2,3-4H3,(H,25,26)/b17-14-. The van der Waals surface area contributed by atoms with E-state index in [1.807, 2.05) is 26.0 Å². The van der Waals surface area contributed by atoms with E-state index in [-0.39, 0.29) is 12.1 Å². The van der Waals surface area contributed by atoms with Gasteiger partial charge in [0.05, 0.1) is 28.4 Å². The molecule has 6 heteroatoms. The monoisotopic (exact) mass is 367 g/mol. The van der Waals surface area contributed by atoms with Crippen molar-refractivity contribution in [3.63, 3.8) is 0 Å². The summed E-state index contributed by atoms with van der Waals surface area (Å²) < 4.78 is 1.72. The Labute approximate surface area is 157 Å². The van der Waals surface area contributed by atoms with Crippen molar-refractivity contribution >= 4 is 17.6 Å². The maximum absolute atomic E-state index is 11.3. The largest absolute Gasteiger partial charge is 0.478 e. The Kier molecular flexibility index (Phi) is 5.81. The van der Waals surface area contributed by atoms with Crippen molar-refractivity contribution in [2.45, 2.75) is 20.4 Å². The van der Waals surface area contributed by atoms with Crippen molar-refractivity contribution in [3.8, 4) is 17.2 Å². The Morgan fingerprint density at radius 3 is 2.58 bits per heavy atom. The van der Waals surface area contributed by atoms with Crippen LogP contribution < -0.4 is 0 Å². The molecular weight excluding hydrogens is 350 g/mol. The molecule has 0 aliphatic heterocycles. The van der Waals surface area contributed by atoms with Crippen LogP contribution >= 0.6 is 11.6 Å². The zero-order valence-electron chi connectivity index (χ0n) is 14.6. The number of hydrogen-bond donors (Lipinski definition) is 1. The zero-order chi connectivity index (χ0) is 19.4. The SMILES string of the molecule is C=C/C(Cn1nc(C)c(-c2ccc(C#N)c(Cl)c2)c1C)=C(\C=C)C(=O)O. The van der Waals surface area contributed by atoms with Gasteiger partial charge in [0.15, 0.2) is 0 Å². The minimum Gasteiger partial charge on any atom is -0.478 e. The van der Waals surface area contributed by atoms with Crippen LogP contribution in [0.2, 0.25) is 5.02 Å². The van der Waals surface area contributed by atoms with Gasteiger partial charge in [0.25, 0.3) is 0 Å². The maximum atomic E-state index is 11.3. The molecule has 2 aromatic rings. The van der Waals surface area contributed by atoms with Crippen molar-refractivity contribution < 1.29 is 9.90 Å². The molecule has 0 radical (unpaired) electrons. The van der Waals surface area contributed by atoms with Crippen molar-refractivity contribution in [1.82, 2.24) is 9.78 Å². The van der Waals surface area contributed by atoms with Crippen LogP contribution in [0.1, 0.15) is 17.0 Å². The Balaban J connectivity index is 2.53. The predicted octanol–water partition coefficient (Wildman–Crippen LogP) is 4.45. The summed E-state index contributed by atoms with van der Waals surface area (Å²) in [5.41, 5.74) is 4.40. The molecule has 0 bridgehead atoms. The molecule has 1 aromatic heterocycles. The molecule has 1 heterocycles. The zero-order valence-corrected chi connectivity index (χ0v) is 15.3. The number of nitrogens with zero attached hydrogens (tertiary/aromatic N) is 3. The molecule has 0 fully saturated rings. The highest BCUT2D eigenvalue weighted by Crippen LogP contribution is 2.30. The van der Waals surface area contributed by atoms with E-state index in [9.17, 15) is 9.90 Å². The molecule has 132 valence electrons. The lowest BCUT2D eigenvalue weighted by atomic mass is 10.0. The molecule has 5 nitrogen and oxygen atoms in total. The van der Waals surface area contributed by atoms with Crippen molar-refractivity contribution in [2.75, 3.05) is 0 Å². The van der Waals surface area contributed by atoms with Crippen molar-refractivity contribution in [3.05, 3.63) is 76.6 Å². The number of halogens is 1. The fourth-order valence-corrected chi connectivity index (χ4v) is 3.03. The Morgan fingerprint density at radius 2 is 2.08 bits per heavy atom. The van der Waals surface area contributed by atoms with Gasteiger partial charge in [-0.3, -0.25) is 4.68 Å². The lowest BCUT2D eigenvalue weighted by Crippen LogP contribution is -2.09. The van der Waals surface area contributed by atoms with E-state index in [0.29, 0.717) is 16.2 Å². The van der Waals surface area contributed by atoms with E-state index in [2.05, 4.69) is 18.3 Å². The molecule has 2 rings (SSSR count). The normalized spacial score (nSPS) is 11.5. The summed E-state index contributed by atoms with van der Waals surface area (Å²) in [5.74, 6) is -1.06. The molecule has 1 aromatic carbocycles. The lowest BCUT2D eigenvalue weighted by molar-refractivity contribution is -0.132. The third kappa shape index (κ3) is 3.61. The number of aromatic nitrogens is 2. The van der Waals surface area contributed by atoms with Crippen LogP contribution in [0.15, 0.2) is 54.7 Å². The third-order valence-corrected chi connectivity index (χ3v) is 4.42. The number of allylic oxidation sites excluding steroid dienone is 2. The van der Waals surface area contributed by atoms with Gasteiger partial charge in [-0.15, -0.1) is 0 Å². The molecule has 0 amide bonds. The highest BCUT2D eigenvalue weighted by molar-refractivity contribution is 6.32. The number of aliphatic carboxylic acids is 1. The van der Waals surface area contributed by atoms with Gasteiger partial charge in [-0.2, -0.15) is 10.4 Å². The number of carbonyl (C=O) groups is 1. The summed E-state index contributed by atoms with van der Waals surface area (Å²) >= 11 is 6.15. The third-order valence-electron chi connectivity index (χ3n) is 4.11. The summed E-state index contributed by atoms with van der Waals surface area (Å²) in [6.45, 7) is 11.3. The summed E-state index contributed by atoms with van der Waals surface area (Å²) in [6.07, 6.45) is 2.80. The molecule has 0 unspecified atom stereocenters. The van der Waals surface area contributed by atoms with E-state index >= 15 is 0 Å². The number of carboxylic acid groups (broad SMARTS) is 1. The van der Waals surface area contributed by atoms with Gasteiger partial charge < -0.3 is 5.11 Å². The second kappa shape index (κ2) is 7.85. The van der Waals surface area contributed by atoms with E-state index in [4.69, 9.17) is 16.9 Å². The van der Waals surface area contributed by atoms with Crippen LogP contribution in [0.4, 0.5) is 0 Å². The smallest absolute Gasteiger partial charge is 0.336 e. The highest BCUT2D eigenvalue weighted by Gasteiger charge is 2.17. The summed E-state index contributed by atoms with van der Waals surface area (Å²) in [6, 6.07) is 7.26. The Morgan fingerprint density at radius 1 is 1.38 bits per heavy atom. The fraction of sp³-hybridized carbons (Fsp3) is 0.150. The topological polar surface area (TPSA) is 78.9 Å². The second-order valence-electron chi connectivity index (χ2n) is 5.66. The van der Waals surface area contributed by atoms with Gasteiger partial charge in [-0.25, -0.2) is 4.79 Å². The van der Waals surface area contributed by atoms with Gasteiger partial charge in [-0.1, -0.05) is 43.0 Å². The van der Waals surface area contributed by atoms with Crippen LogP contribution in [0.5, 0.6) is 0 Å². The van der Waals surface area contributed by atoms with Crippen molar-refractivity contribution in [2.24, 2.45) is 0 Å². The molecule has 0 saturated carbocycles. The van der Waals surface area contributed by atoms with Gasteiger partial charge in [0, 0.05) is 11.3 Å². The van der Waals surface area contributed by atoms with Crippen molar-refractivity contribution in [1.29, 1.82) is 5.26 Å². The first-order chi connectivity index (χ1) is 12.3. The Bertz CT molecular complexity index is 978. The van der Waals surface area contributed by atoms with Crippen LogP contribution in [0.3, 0.4) is 0 Å². The maximum Gasteiger partial charge on any atom is 0.336 e. The van der Waals surface area contributed by atoms with Crippen LogP contribution in [-0.2, 0) is 11.3 Å². The molecule has 0 spiro atoms. The number of carboxylic acids is 1. The number of aryl methyl sites for hydroxylation is 1. The number of nitriles is 1. The molecule has 0 atom stereocenters. The molecule has 0 aliphatic rings. The Hall–Kier alpha value is -3.10. The predicted molar refractivity (Wildman–Crippen MR) is 102 cm³/mol. The van der Waals surface area contributed by atoms with E-state index in [0.717, 1.165) is 22.5 Å². The average molecular weight is 368 g/mol. The summed E-state index contributed by atoms with van der Waals surface area (Å²) in [5, 5.41) is 23.2. The van der Waals surface area contributed by atoms with E-state index in [1.165, 1.54) is 12.2 Å². The molecule has 0 aliphatic carbocycles. The summed E-state index contributed by atoms with van der Waals surface area (Å²) in [4.78, 5) is 11.3. The van der Waals surface area contributed by atoms with Crippen LogP contribution in [0, 0.1) is 25.2 Å². The quantitative estimate of drug-likeness (QED) is 0.604. The molecule has 26 heavy (non-hydrogen) atoms. The lowest BCUT2D eigenvalue weighted by Gasteiger charge is -2.09. The van der Waals surface area contributed by atoms with Gasteiger partial charge in [0.1, 0.15) is 6.07 Å². The van der Waals surface area contributed by atoms with Gasteiger partial charge >= 0.3 is 5.97 Å². The first-order valence-corrected chi connectivity index (χ1v) is 8.17. The minimum atomic E-state index is -1.06. The second-order valence-corrected chi connectivity index (χ2v) is 6.07.